The molecule has 1 aromatic heterocycles. The quantitative estimate of drug-likeness (QED) is 0.317. The maximum Gasteiger partial charge on any atom is 0.290 e. The molecule has 1 amide bonds. The number of aryl methyl sites for hydroxylation is 2. The van der Waals surface area contributed by atoms with Crippen LogP contribution in [-0.2, 0) is 6.42 Å². The van der Waals surface area contributed by atoms with Gasteiger partial charge in [-0.05, 0) is 85.2 Å². The molecule has 0 bridgehead atoms. The van der Waals surface area contributed by atoms with Crippen LogP contribution in [0.3, 0.4) is 0 Å². The van der Waals surface area contributed by atoms with Crippen molar-refractivity contribution in [3.05, 3.63) is 104 Å². The molecule has 35 heavy (non-hydrogen) atoms. The number of nitrogens with zero attached hydrogens (tertiary/aromatic N) is 1. The average molecular weight is 486 g/mol. The molecule has 0 spiro atoms. The second-order valence-electron chi connectivity index (χ2n) is 8.88. The lowest BCUT2D eigenvalue weighted by Crippen LogP contribution is -2.31. The van der Waals surface area contributed by atoms with Crippen LogP contribution in [0, 0.1) is 13.8 Å². The summed E-state index contributed by atoms with van der Waals surface area (Å²) in [6.45, 7) is 4.41. The van der Waals surface area contributed by atoms with Gasteiger partial charge in [-0.3, -0.25) is 9.59 Å². The van der Waals surface area contributed by atoms with Crippen molar-refractivity contribution in [2.45, 2.75) is 31.2 Å². The smallest absolute Gasteiger partial charge is 0.290 e. The van der Waals surface area contributed by atoms with Crippen molar-refractivity contribution < 1.29 is 13.9 Å². The molecular weight excluding hydrogens is 458 g/mol. The Kier molecular flexibility index (Phi) is 6.15. The van der Waals surface area contributed by atoms with Crippen LogP contribution in [0.4, 0.5) is 0 Å². The number of thioether (sulfide) groups is 1. The average Bonchev–Trinajstić information content (AvgIpc) is 3.16. The number of hydrogen-bond acceptors (Lipinski definition) is 5. The summed E-state index contributed by atoms with van der Waals surface area (Å²) in [5.41, 5.74) is 4.78. The highest BCUT2D eigenvalue weighted by Crippen LogP contribution is 2.39. The van der Waals surface area contributed by atoms with E-state index >= 15 is 0 Å². The Morgan fingerprint density at radius 1 is 0.971 bits per heavy atom. The van der Waals surface area contributed by atoms with Crippen LogP contribution >= 0.6 is 11.8 Å². The van der Waals surface area contributed by atoms with Gasteiger partial charge in [0, 0.05) is 11.4 Å². The highest BCUT2D eigenvalue weighted by Gasteiger charge is 2.42. The van der Waals surface area contributed by atoms with Crippen molar-refractivity contribution in [3.63, 3.8) is 0 Å². The molecular formula is C29H27NO4S. The summed E-state index contributed by atoms with van der Waals surface area (Å²) in [5, 5.41) is 0.516. The zero-order valence-electron chi connectivity index (χ0n) is 20.3. The van der Waals surface area contributed by atoms with E-state index in [1.165, 1.54) is 0 Å². The maximum atomic E-state index is 13.8. The van der Waals surface area contributed by atoms with Gasteiger partial charge in [0.25, 0.3) is 5.91 Å². The summed E-state index contributed by atoms with van der Waals surface area (Å²) in [4.78, 5) is 30.3. The monoisotopic (exact) mass is 485 g/mol. The van der Waals surface area contributed by atoms with E-state index in [2.05, 4.69) is 0 Å². The van der Waals surface area contributed by atoms with Crippen LogP contribution in [-0.4, -0.2) is 30.7 Å². The number of carbonyl (C=O) groups excluding carboxylic acids is 1. The molecule has 0 saturated heterocycles. The van der Waals surface area contributed by atoms with E-state index in [-0.39, 0.29) is 17.1 Å². The van der Waals surface area contributed by atoms with E-state index in [0.717, 1.165) is 32.9 Å². The second-order valence-corrected chi connectivity index (χ2v) is 9.76. The first-order valence-corrected chi connectivity index (χ1v) is 12.8. The molecule has 1 aliphatic heterocycles. The van der Waals surface area contributed by atoms with Gasteiger partial charge in [0.15, 0.2) is 5.43 Å². The summed E-state index contributed by atoms with van der Waals surface area (Å²) in [6, 6.07) is 19.1. The first-order valence-electron chi connectivity index (χ1n) is 11.6. The van der Waals surface area contributed by atoms with Gasteiger partial charge in [0.05, 0.1) is 24.1 Å². The zero-order valence-corrected chi connectivity index (χ0v) is 21.1. The fraction of sp³-hybridized carbons (Fsp3) is 0.241. The van der Waals surface area contributed by atoms with Gasteiger partial charge in [0.2, 0.25) is 5.76 Å². The molecule has 5 rings (SSSR count). The predicted octanol–water partition coefficient (Wildman–Crippen LogP) is 5.93. The zero-order chi connectivity index (χ0) is 24.7. The van der Waals surface area contributed by atoms with Gasteiger partial charge in [0.1, 0.15) is 11.3 Å². The topological polar surface area (TPSA) is 59.8 Å². The van der Waals surface area contributed by atoms with E-state index in [0.29, 0.717) is 29.5 Å². The number of rotatable bonds is 6. The van der Waals surface area contributed by atoms with Crippen molar-refractivity contribution in [3.8, 4) is 5.75 Å². The first-order chi connectivity index (χ1) is 16.9. The summed E-state index contributed by atoms with van der Waals surface area (Å²) < 4.78 is 11.4. The van der Waals surface area contributed by atoms with E-state index < -0.39 is 6.04 Å². The van der Waals surface area contributed by atoms with Crippen LogP contribution in [0.25, 0.3) is 11.0 Å². The highest BCUT2D eigenvalue weighted by molar-refractivity contribution is 7.98. The molecule has 0 saturated carbocycles. The number of methoxy groups -OCH3 is 1. The third kappa shape index (κ3) is 4.12. The molecule has 5 nitrogen and oxygen atoms in total. The number of carbonyl (C=O) groups is 1. The minimum Gasteiger partial charge on any atom is -0.497 e. The Morgan fingerprint density at radius 2 is 1.66 bits per heavy atom. The molecule has 178 valence electrons. The SMILES string of the molecule is COc1ccc(CCN2C(=O)c3oc4cc(C)c(C)cc4c(=O)c3[C@@H]2c2ccc(SC)cc2)cc1. The summed E-state index contributed by atoms with van der Waals surface area (Å²) >= 11 is 1.65. The van der Waals surface area contributed by atoms with Gasteiger partial charge in [-0.2, -0.15) is 0 Å². The predicted molar refractivity (Wildman–Crippen MR) is 140 cm³/mol. The standard InChI is InChI=1S/C29H27NO4S/c1-17-15-23-24(16-18(17)2)34-28-25(27(23)31)26(20-7-11-22(35-4)12-8-20)30(29(28)32)14-13-19-5-9-21(33-3)10-6-19/h5-12,15-16,26H,13-14H2,1-4H3/t26-/m0/s1. The van der Waals surface area contributed by atoms with E-state index in [1.54, 1.807) is 23.8 Å². The molecule has 0 unspecified atom stereocenters. The van der Waals surface area contributed by atoms with Gasteiger partial charge < -0.3 is 14.1 Å². The van der Waals surface area contributed by atoms with Gasteiger partial charge in [-0.15, -0.1) is 11.8 Å². The van der Waals surface area contributed by atoms with Crippen LogP contribution in [0.1, 0.15) is 44.4 Å². The van der Waals surface area contributed by atoms with Crippen LogP contribution in [0.2, 0.25) is 0 Å². The minimum absolute atomic E-state index is 0.136. The van der Waals surface area contributed by atoms with Crippen LogP contribution < -0.4 is 10.2 Å². The molecule has 1 atom stereocenters. The number of amides is 1. The van der Waals surface area contributed by atoms with E-state index in [9.17, 15) is 9.59 Å². The Balaban J connectivity index is 1.61. The highest BCUT2D eigenvalue weighted by atomic mass is 32.2. The van der Waals surface area contributed by atoms with E-state index in [1.807, 2.05) is 80.8 Å². The number of benzene rings is 3. The number of fused-ring (bicyclic) bond motifs is 2. The molecule has 4 aromatic rings. The summed E-state index contributed by atoms with van der Waals surface area (Å²) in [7, 11) is 1.64. The molecule has 0 fully saturated rings. The van der Waals surface area contributed by atoms with Crippen LogP contribution in [0.15, 0.2) is 74.8 Å². The van der Waals surface area contributed by atoms with Crippen molar-refractivity contribution in [1.82, 2.24) is 4.90 Å². The van der Waals surface area contributed by atoms with Gasteiger partial charge >= 0.3 is 0 Å². The van der Waals surface area contributed by atoms with Crippen molar-refractivity contribution in [2.24, 2.45) is 0 Å². The molecule has 0 radical (unpaired) electrons. The lowest BCUT2D eigenvalue weighted by molar-refractivity contribution is 0.0730. The second kappa shape index (κ2) is 9.27. The van der Waals surface area contributed by atoms with Crippen molar-refractivity contribution >= 4 is 28.6 Å². The Morgan fingerprint density at radius 3 is 2.31 bits per heavy atom. The third-order valence-electron chi connectivity index (χ3n) is 6.81. The minimum atomic E-state index is -0.492. The Hall–Kier alpha value is -3.51. The molecule has 2 heterocycles. The molecule has 0 aliphatic carbocycles. The van der Waals surface area contributed by atoms with Gasteiger partial charge in [-0.1, -0.05) is 24.3 Å². The summed E-state index contributed by atoms with van der Waals surface area (Å²) in [6.07, 6.45) is 2.67. The number of hydrogen-bond donors (Lipinski definition) is 0. The Bertz CT molecular complexity index is 1470. The largest absolute Gasteiger partial charge is 0.497 e. The Labute approximate surface area is 208 Å². The summed E-state index contributed by atoms with van der Waals surface area (Å²) in [5.74, 6) is 0.696. The van der Waals surface area contributed by atoms with Crippen molar-refractivity contribution in [1.29, 1.82) is 0 Å². The lowest BCUT2D eigenvalue weighted by Gasteiger charge is -2.25. The lowest BCUT2D eigenvalue weighted by atomic mass is 9.97. The fourth-order valence-corrected chi connectivity index (χ4v) is 5.09. The fourth-order valence-electron chi connectivity index (χ4n) is 4.68. The van der Waals surface area contributed by atoms with Crippen LogP contribution in [0.5, 0.6) is 5.75 Å². The molecule has 6 heteroatoms. The molecule has 1 aliphatic rings. The molecule has 0 N–H and O–H groups in total. The maximum absolute atomic E-state index is 13.8. The van der Waals surface area contributed by atoms with Gasteiger partial charge in [-0.25, -0.2) is 0 Å². The third-order valence-corrected chi connectivity index (χ3v) is 7.56. The van der Waals surface area contributed by atoms with Crippen molar-refractivity contribution in [2.75, 3.05) is 19.9 Å². The van der Waals surface area contributed by atoms with E-state index in [4.69, 9.17) is 9.15 Å². The molecule has 3 aromatic carbocycles. The normalized spacial score (nSPS) is 15.0. The first kappa shape index (κ1) is 23.2. The number of ether oxygens (including phenoxy) is 1.